The van der Waals surface area contributed by atoms with Crippen LogP contribution in [0.1, 0.15) is 26.3 Å². The summed E-state index contributed by atoms with van der Waals surface area (Å²) in [5.41, 5.74) is 0.581. The zero-order chi connectivity index (χ0) is 15.2. The van der Waals surface area contributed by atoms with Crippen LogP contribution < -0.4 is 0 Å². The van der Waals surface area contributed by atoms with Gasteiger partial charge in [0.1, 0.15) is 17.3 Å². The Bertz CT molecular complexity index is 428. The lowest BCUT2D eigenvalue weighted by atomic mass is 9.89. The van der Waals surface area contributed by atoms with Crippen LogP contribution in [-0.4, -0.2) is 31.0 Å². The lowest BCUT2D eigenvalue weighted by molar-refractivity contribution is -0.0513. The van der Waals surface area contributed by atoms with E-state index in [1.54, 1.807) is 19.4 Å². The Morgan fingerprint density at radius 1 is 1.40 bits per heavy atom. The van der Waals surface area contributed by atoms with E-state index in [1.807, 2.05) is 26.8 Å². The molecule has 0 fully saturated rings. The first-order chi connectivity index (χ1) is 9.32. The quantitative estimate of drug-likeness (QED) is 0.603. The van der Waals surface area contributed by atoms with Crippen LogP contribution >= 0.6 is 15.9 Å². The minimum atomic E-state index is -0.704. The fourth-order valence-electron chi connectivity index (χ4n) is 1.40. The first-order valence-electron chi connectivity index (χ1n) is 6.25. The molecule has 0 bridgehead atoms. The van der Waals surface area contributed by atoms with Gasteiger partial charge in [-0.15, -0.1) is 0 Å². The number of rotatable bonds is 5. The largest absolute Gasteiger partial charge is 0.508 e. The number of methoxy groups -OCH3 is 1. The number of halogens is 1. The Balaban J connectivity index is 2.47. The minimum absolute atomic E-state index is 0.128. The summed E-state index contributed by atoms with van der Waals surface area (Å²) in [5, 5.41) is 0. The molecule has 20 heavy (non-hydrogen) atoms. The topological polar surface area (TPSA) is 57.7 Å². The second-order valence-corrected chi connectivity index (χ2v) is 6.27. The van der Waals surface area contributed by atoms with Crippen LogP contribution in [0, 0.1) is 5.41 Å². The van der Waals surface area contributed by atoms with Gasteiger partial charge >= 0.3 is 6.16 Å². The highest BCUT2D eigenvalue weighted by molar-refractivity contribution is 9.10. The first kappa shape index (κ1) is 16.9. The second kappa shape index (κ2) is 7.59. The molecule has 0 aliphatic carbocycles. The monoisotopic (exact) mass is 345 g/mol. The van der Waals surface area contributed by atoms with Crippen molar-refractivity contribution in [2.24, 2.45) is 5.41 Å². The van der Waals surface area contributed by atoms with Gasteiger partial charge in [-0.05, 0) is 22.0 Å². The number of nitrogens with zero attached hydrogens (tertiary/aromatic N) is 1. The number of hydrogen-bond donors (Lipinski definition) is 0. The van der Waals surface area contributed by atoms with Crippen molar-refractivity contribution in [3.63, 3.8) is 0 Å². The Labute approximate surface area is 127 Å². The molecule has 112 valence electrons. The first-order valence-corrected chi connectivity index (χ1v) is 7.05. The molecule has 1 atom stereocenters. The van der Waals surface area contributed by atoms with Crippen molar-refractivity contribution >= 4 is 22.1 Å². The van der Waals surface area contributed by atoms with Gasteiger partial charge in [0.15, 0.2) is 0 Å². The Kier molecular flexibility index (Phi) is 6.42. The molecule has 1 heterocycles. The van der Waals surface area contributed by atoms with Crippen molar-refractivity contribution < 1.29 is 19.0 Å². The summed E-state index contributed by atoms with van der Waals surface area (Å²) in [7, 11) is 1.57. The zero-order valence-corrected chi connectivity index (χ0v) is 13.8. The average Bonchev–Trinajstić information content (AvgIpc) is 2.36. The number of hydrogen-bond acceptors (Lipinski definition) is 5. The standard InChI is InChI=1S/C14H20BrNO4/c1-14(2,3)11(9-18-4)20-13(17)19-8-10-5-6-12(15)16-7-10/h5-7,11H,8-9H2,1-4H3. The smallest absolute Gasteiger partial charge is 0.429 e. The van der Waals surface area contributed by atoms with Crippen molar-refractivity contribution in [1.29, 1.82) is 0 Å². The van der Waals surface area contributed by atoms with Crippen molar-refractivity contribution in [2.75, 3.05) is 13.7 Å². The van der Waals surface area contributed by atoms with E-state index in [0.29, 0.717) is 6.61 Å². The molecule has 5 nitrogen and oxygen atoms in total. The third-order valence-electron chi connectivity index (χ3n) is 2.67. The molecule has 1 aromatic heterocycles. The van der Waals surface area contributed by atoms with Gasteiger partial charge in [-0.3, -0.25) is 0 Å². The minimum Gasteiger partial charge on any atom is -0.429 e. The van der Waals surface area contributed by atoms with Crippen LogP contribution in [0.3, 0.4) is 0 Å². The summed E-state index contributed by atoms with van der Waals surface area (Å²) < 4.78 is 16.1. The van der Waals surface area contributed by atoms with Crippen LogP contribution in [0.5, 0.6) is 0 Å². The Morgan fingerprint density at radius 2 is 2.10 bits per heavy atom. The summed E-state index contributed by atoms with van der Waals surface area (Å²) >= 11 is 3.24. The highest BCUT2D eigenvalue weighted by Gasteiger charge is 2.29. The molecule has 0 N–H and O–H groups in total. The molecular weight excluding hydrogens is 326 g/mol. The number of pyridine rings is 1. The van der Waals surface area contributed by atoms with Crippen LogP contribution in [0.4, 0.5) is 4.79 Å². The van der Waals surface area contributed by atoms with Crippen LogP contribution in [0.25, 0.3) is 0 Å². The van der Waals surface area contributed by atoms with Crippen LogP contribution in [-0.2, 0) is 20.8 Å². The molecule has 0 aromatic carbocycles. The van der Waals surface area contributed by atoms with Crippen molar-refractivity contribution in [1.82, 2.24) is 4.98 Å². The molecule has 0 saturated carbocycles. The maximum absolute atomic E-state index is 11.7. The van der Waals surface area contributed by atoms with E-state index < -0.39 is 6.16 Å². The van der Waals surface area contributed by atoms with Gasteiger partial charge in [0.05, 0.1) is 6.61 Å². The third-order valence-corrected chi connectivity index (χ3v) is 3.14. The van der Waals surface area contributed by atoms with Crippen LogP contribution in [0.15, 0.2) is 22.9 Å². The molecule has 0 amide bonds. The molecule has 0 saturated heterocycles. The highest BCUT2D eigenvalue weighted by atomic mass is 79.9. The molecule has 6 heteroatoms. The number of aromatic nitrogens is 1. The molecule has 1 unspecified atom stereocenters. The Hall–Kier alpha value is -1.14. The van der Waals surface area contributed by atoms with E-state index >= 15 is 0 Å². The lowest BCUT2D eigenvalue weighted by Gasteiger charge is -2.29. The van der Waals surface area contributed by atoms with E-state index in [4.69, 9.17) is 14.2 Å². The average molecular weight is 346 g/mol. The second-order valence-electron chi connectivity index (χ2n) is 5.46. The Morgan fingerprint density at radius 3 is 2.60 bits per heavy atom. The van der Waals surface area contributed by atoms with Crippen molar-refractivity contribution in [3.05, 3.63) is 28.5 Å². The van der Waals surface area contributed by atoms with Gasteiger partial charge in [0.2, 0.25) is 0 Å². The molecule has 0 aliphatic rings. The van der Waals surface area contributed by atoms with Crippen molar-refractivity contribution in [2.45, 2.75) is 33.5 Å². The summed E-state index contributed by atoms with van der Waals surface area (Å²) in [4.78, 5) is 15.7. The summed E-state index contributed by atoms with van der Waals surface area (Å²) in [5.74, 6) is 0. The molecule has 0 radical (unpaired) electrons. The predicted octanol–water partition coefficient (Wildman–Crippen LogP) is 3.56. The number of ether oxygens (including phenoxy) is 3. The fourth-order valence-corrected chi connectivity index (χ4v) is 1.63. The van der Waals surface area contributed by atoms with E-state index in [9.17, 15) is 4.79 Å². The van der Waals surface area contributed by atoms with Crippen LogP contribution in [0.2, 0.25) is 0 Å². The van der Waals surface area contributed by atoms with Gasteiger partial charge in [-0.2, -0.15) is 0 Å². The normalized spacial score (nSPS) is 12.8. The molecular formula is C14H20BrNO4. The molecule has 1 rings (SSSR count). The lowest BCUT2D eigenvalue weighted by Crippen LogP contribution is -2.35. The molecule has 0 aliphatic heterocycles. The van der Waals surface area contributed by atoms with E-state index in [0.717, 1.165) is 10.2 Å². The predicted molar refractivity (Wildman–Crippen MR) is 78.3 cm³/mol. The fraction of sp³-hybridized carbons (Fsp3) is 0.571. The summed E-state index contributed by atoms with van der Waals surface area (Å²) in [6, 6.07) is 3.60. The number of carbonyl (C=O) groups is 1. The number of carbonyl (C=O) groups excluding carboxylic acids is 1. The maximum atomic E-state index is 11.7. The highest BCUT2D eigenvalue weighted by Crippen LogP contribution is 2.23. The maximum Gasteiger partial charge on any atom is 0.508 e. The molecule has 1 aromatic rings. The zero-order valence-electron chi connectivity index (χ0n) is 12.2. The van der Waals surface area contributed by atoms with Gasteiger partial charge in [-0.1, -0.05) is 26.8 Å². The van der Waals surface area contributed by atoms with Crippen molar-refractivity contribution in [3.8, 4) is 0 Å². The van der Waals surface area contributed by atoms with Gasteiger partial charge in [0, 0.05) is 24.3 Å². The SMILES string of the molecule is COCC(OC(=O)OCc1ccc(Br)nc1)C(C)(C)C. The summed E-state index contributed by atoms with van der Waals surface area (Å²) in [6.07, 6.45) is 0.571. The third kappa shape index (κ3) is 5.88. The van der Waals surface area contributed by atoms with Gasteiger partial charge in [0.25, 0.3) is 0 Å². The summed E-state index contributed by atoms with van der Waals surface area (Å²) in [6.45, 7) is 6.38. The van der Waals surface area contributed by atoms with Gasteiger partial charge < -0.3 is 14.2 Å². The van der Waals surface area contributed by atoms with E-state index in [2.05, 4.69) is 20.9 Å². The van der Waals surface area contributed by atoms with Gasteiger partial charge in [-0.25, -0.2) is 9.78 Å². The molecule has 0 spiro atoms. The van der Waals surface area contributed by atoms with E-state index in [-0.39, 0.29) is 18.1 Å². The van der Waals surface area contributed by atoms with E-state index in [1.165, 1.54) is 0 Å².